The van der Waals surface area contributed by atoms with Crippen LogP contribution in [0, 0.1) is 17.7 Å². The Morgan fingerprint density at radius 2 is 1.97 bits per heavy atom. The molecule has 2 N–H and O–H groups in total. The molecule has 0 spiro atoms. The van der Waals surface area contributed by atoms with Gasteiger partial charge in [-0.25, -0.2) is 0 Å². The van der Waals surface area contributed by atoms with Gasteiger partial charge in [0.2, 0.25) is 0 Å². The lowest BCUT2D eigenvalue weighted by atomic mass is 9.79. The molecular weight excluding hydrogens is 380 g/mol. The fraction of sp³-hybridized carbons (Fsp3) is 0.708. The molecule has 1 aromatic rings. The summed E-state index contributed by atoms with van der Waals surface area (Å²) in [5, 5.41) is 0. The van der Waals surface area contributed by atoms with Gasteiger partial charge in [-0.2, -0.15) is 0 Å². The zero-order valence-electron chi connectivity index (χ0n) is 26.6. The minimum Gasteiger partial charge on any atom is -0.493 e. The number of carbonyl (C=O) groups excluding carboxylic acids is 1. The Balaban J connectivity index is 2.39. The molecule has 4 atom stereocenters. The van der Waals surface area contributed by atoms with Gasteiger partial charge in [0.25, 0.3) is 0 Å². The molecular formula is C24H38N2O4. The maximum Gasteiger partial charge on any atom is 0.323 e. The van der Waals surface area contributed by atoms with E-state index in [1.807, 2.05) is 0 Å². The van der Waals surface area contributed by atoms with Crippen molar-refractivity contribution < 1.29 is 30.0 Å². The van der Waals surface area contributed by atoms with Gasteiger partial charge in [-0.05, 0) is 47.9 Å². The predicted octanol–water partition coefficient (Wildman–Crippen LogP) is 3.56. The first-order valence-corrected chi connectivity index (χ1v) is 10.3. The Hall–Kier alpha value is -1.79. The van der Waals surface area contributed by atoms with E-state index >= 15 is 0 Å². The molecule has 6 nitrogen and oxygen atoms in total. The molecule has 0 aliphatic carbocycles. The molecule has 0 saturated carbocycles. The summed E-state index contributed by atoms with van der Waals surface area (Å²) in [7, 11) is 2.56. The summed E-state index contributed by atoms with van der Waals surface area (Å²) in [6, 6.07) is -4.45. The van der Waals surface area contributed by atoms with Gasteiger partial charge in [0.05, 0.1) is 18.3 Å². The zero-order chi connectivity index (χ0) is 29.2. The zero-order valence-corrected chi connectivity index (χ0v) is 18.6. The van der Waals surface area contributed by atoms with Crippen molar-refractivity contribution in [3.8, 4) is 11.5 Å². The maximum atomic E-state index is 13.0. The van der Waals surface area contributed by atoms with Crippen LogP contribution in [0.4, 0.5) is 0 Å². The number of rotatable bonds is 7. The van der Waals surface area contributed by atoms with E-state index in [4.69, 9.17) is 25.4 Å². The number of benzene rings is 1. The van der Waals surface area contributed by atoms with Crippen molar-refractivity contribution in [3.05, 3.63) is 23.2 Å². The number of methoxy groups -OCH3 is 2. The van der Waals surface area contributed by atoms with E-state index < -0.39 is 48.9 Å². The molecule has 0 bridgehead atoms. The third kappa shape index (κ3) is 4.75. The molecule has 3 unspecified atom stereocenters. The van der Waals surface area contributed by atoms with Gasteiger partial charge in [0.15, 0.2) is 11.5 Å². The number of nitrogens with zero attached hydrogens (tertiary/aromatic N) is 1. The Bertz CT molecular complexity index is 1100. The maximum absolute atomic E-state index is 13.0. The smallest absolute Gasteiger partial charge is 0.323 e. The van der Waals surface area contributed by atoms with Gasteiger partial charge in [-0.15, -0.1) is 0 Å². The highest BCUT2D eigenvalue weighted by Gasteiger charge is 2.41. The molecule has 3 rings (SSSR count). The molecule has 168 valence electrons. The second-order valence-corrected chi connectivity index (χ2v) is 8.39. The number of carbonyl (C=O) groups is 1. The van der Waals surface area contributed by atoms with E-state index in [2.05, 4.69) is 0 Å². The largest absolute Gasteiger partial charge is 0.493 e. The average Bonchev–Trinajstić information content (AvgIpc) is 2.81. The number of ether oxygens (including phenoxy) is 3. The van der Waals surface area contributed by atoms with Crippen molar-refractivity contribution in [1.29, 1.82) is 0 Å². The molecule has 1 saturated heterocycles. The van der Waals surface area contributed by atoms with Gasteiger partial charge < -0.3 is 19.9 Å². The lowest BCUT2D eigenvalue weighted by Crippen LogP contribution is -2.51. The summed E-state index contributed by atoms with van der Waals surface area (Å²) in [5.41, 5.74) is 5.85. The van der Waals surface area contributed by atoms with Crippen LogP contribution in [0.5, 0.6) is 11.5 Å². The van der Waals surface area contributed by atoms with Crippen molar-refractivity contribution in [2.75, 3.05) is 27.3 Å². The van der Waals surface area contributed by atoms with Crippen molar-refractivity contribution in [1.82, 2.24) is 4.90 Å². The van der Waals surface area contributed by atoms with Crippen molar-refractivity contribution in [2.45, 2.75) is 65.1 Å². The number of fused-ring (bicyclic) bond motifs is 3. The van der Waals surface area contributed by atoms with Gasteiger partial charge in [-0.1, -0.05) is 27.7 Å². The Labute approximate surface area is 192 Å². The molecule has 1 aromatic carbocycles. The monoisotopic (exact) mass is 426 g/mol. The quantitative estimate of drug-likeness (QED) is 0.672. The summed E-state index contributed by atoms with van der Waals surface area (Å²) in [5.74, 6) is -4.24. The molecule has 2 aliphatic rings. The fourth-order valence-corrected chi connectivity index (χ4v) is 3.51. The normalized spacial score (nSPS) is 37.0. The number of piperidine rings is 1. The van der Waals surface area contributed by atoms with Gasteiger partial charge in [-0.3, -0.25) is 9.69 Å². The first kappa shape index (κ1) is 14.3. The van der Waals surface area contributed by atoms with Crippen LogP contribution in [0.2, 0.25) is 0 Å². The second kappa shape index (κ2) is 9.56. The van der Waals surface area contributed by atoms with Crippen molar-refractivity contribution in [2.24, 2.45) is 23.5 Å². The highest BCUT2D eigenvalue weighted by Crippen LogP contribution is 2.44. The molecule has 0 radical (unpaired) electrons. The highest BCUT2D eigenvalue weighted by atomic mass is 16.5. The van der Waals surface area contributed by atoms with Crippen LogP contribution in [0.3, 0.4) is 0 Å². The predicted molar refractivity (Wildman–Crippen MR) is 118 cm³/mol. The number of nitrogens with two attached hydrogens (primary N) is 1. The van der Waals surface area contributed by atoms with Crippen LogP contribution in [0.15, 0.2) is 12.1 Å². The van der Waals surface area contributed by atoms with E-state index in [0.29, 0.717) is 0 Å². The third-order valence-corrected chi connectivity index (χ3v) is 5.23. The lowest BCUT2D eigenvalue weighted by Gasteiger charge is -2.47. The fourth-order valence-electron chi connectivity index (χ4n) is 3.51. The Morgan fingerprint density at radius 3 is 2.57 bits per heavy atom. The van der Waals surface area contributed by atoms with Crippen molar-refractivity contribution in [3.63, 3.8) is 0 Å². The standard InChI is InChI=1S/C24H38N2O4/c1-14(2)9-17-13-26-8-7-16-10-21(28-5)22(29-6)11-18(16)19(26)12-20(17)30-24(27)23(25)15(3)4/h10-11,14-15,17,19-20,23H,7-9,12-13,25H2,1-6H3/t17?,19?,20?,23-/m0/s1/i10D,11D,12D2,13D2,17D,19D. The average molecular weight is 427 g/mol. The lowest BCUT2D eigenvalue weighted by molar-refractivity contribution is -0.160. The second-order valence-electron chi connectivity index (χ2n) is 8.39. The summed E-state index contributed by atoms with van der Waals surface area (Å²) in [4.78, 5) is 14.0. The van der Waals surface area contributed by atoms with Gasteiger partial charge >= 0.3 is 5.97 Å². The summed E-state index contributed by atoms with van der Waals surface area (Å²) in [6.07, 6.45) is -5.15. The Morgan fingerprint density at radius 1 is 1.30 bits per heavy atom. The van der Waals surface area contributed by atoms with E-state index in [1.165, 1.54) is 14.2 Å². The first-order chi connectivity index (χ1) is 17.4. The SMILES string of the molecule is [2H]c1c2c(c([2H])c(OC)c1OC)C1([2H])N(CC2)C([2H])([2H])C([2H])(CC(C)C)C(OC(=O)[C@@H](N)C(C)C)C1([2H])[2H]. The minimum absolute atomic E-state index is 0.0110. The van der Waals surface area contributed by atoms with E-state index in [-0.39, 0.29) is 59.9 Å². The Kier molecular flexibility index (Phi) is 4.56. The van der Waals surface area contributed by atoms with Crippen LogP contribution < -0.4 is 15.2 Å². The van der Waals surface area contributed by atoms with E-state index in [0.717, 1.165) is 4.90 Å². The van der Waals surface area contributed by atoms with Crippen LogP contribution in [0.25, 0.3) is 0 Å². The minimum atomic E-state index is -2.92. The van der Waals surface area contributed by atoms with Crippen LogP contribution in [-0.2, 0) is 16.0 Å². The molecule has 2 heterocycles. The first-order valence-electron chi connectivity index (χ1n) is 14.3. The molecule has 0 amide bonds. The molecule has 6 heteroatoms. The van der Waals surface area contributed by atoms with Crippen molar-refractivity contribution >= 4 is 5.97 Å². The summed E-state index contributed by atoms with van der Waals surface area (Å²) >= 11 is 0. The topological polar surface area (TPSA) is 74.0 Å². The molecule has 30 heavy (non-hydrogen) atoms. The van der Waals surface area contributed by atoms with Crippen LogP contribution >= 0.6 is 0 Å². The van der Waals surface area contributed by atoms with E-state index in [9.17, 15) is 10.3 Å². The van der Waals surface area contributed by atoms with Crippen LogP contribution in [-0.4, -0.2) is 50.3 Å². The molecule has 2 aliphatic heterocycles. The van der Waals surface area contributed by atoms with Gasteiger partial charge in [0.1, 0.15) is 12.1 Å². The highest BCUT2D eigenvalue weighted by molar-refractivity contribution is 5.76. The van der Waals surface area contributed by atoms with Crippen LogP contribution in [0.1, 0.15) is 68.6 Å². The molecule has 1 fully saturated rings. The molecule has 0 aromatic heterocycles. The number of esters is 1. The number of hydrogen-bond donors (Lipinski definition) is 1. The third-order valence-electron chi connectivity index (χ3n) is 5.23. The summed E-state index contributed by atoms with van der Waals surface area (Å²) < 4.78 is 89.5. The number of hydrogen-bond acceptors (Lipinski definition) is 6. The summed E-state index contributed by atoms with van der Waals surface area (Å²) in [6.45, 7) is 3.96. The van der Waals surface area contributed by atoms with Gasteiger partial charge in [0, 0.05) is 38.2 Å². The van der Waals surface area contributed by atoms with E-state index in [1.54, 1.807) is 27.7 Å².